The van der Waals surface area contributed by atoms with Crippen LogP contribution in [-0.2, 0) is 0 Å². The summed E-state index contributed by atoms with van der Waals surface area (Å²) in [7, 11) is 0. The van der Waals surface area contributed by atoms with E-state index in [-0.39, 0.29) is 5.15 Å². The van der Waals surface area contributed by atoms with Crippen molar-refractivity contribution in [2.75, 3.05) is 5.43 Å². The second kappa shape index (κ2) is 3.14. The number of hydrogen-bond acceptors (Lipinski definition) is 4. The van der Waals surface area contributed by atoms with E-state index in [0.717, 1.165) is 0 Å². The first-order valence-corrected chi connectivity index (χ1v) is 3.56. The van der Waals surface area contributed by atoms with Gasteiger partial charge in [-0.3, -0.25) is 0 Å². The van der Waals surface area contributed by atoms with Gasteiger partial charge in [-0.05, 0) is 15.9 Å². The van der Waals surface area contributed by atoms with E-state index in [2.05, 4.69) is 31.3 Å². The number of rotatable bonds is 1. The van der Waals surface area contributed by atoms with E-state index in [1.54, 1.807) is 0 Å². The molecule has 0 fully saturated rings. The number of nitrogen functional groups attached to an aromatic ring is 1. The molecule has 1 rings (SSSR count). The van der Waals surface area contributed by atoms with E-state index >= 15 is 0 Å². The van der Waals surface area contributed by atoms with Gasteiger partial charge < -0.3 is 5.43 Å². The number of hydrogen-bond donors (Lipinski definition) is 2. The van der Waals surface area contributed by atoms with Crippen LogP contribution in [-0.4, -0.2) is 9.97 Å². The van der Waals surface area contributed by atoms with Crippen LogP contribution in [0.2, 0.25) is 5.15 Å². The van der Waals surface area contributed by atoms with Gasteiger partial charge in [-0.2, -0.15) is 0 Å². The number of anilines is 1. The van der Waals surface area contributed by atoms with Gasteiger partial charge in [0.15, 0.2) is 11.0 Å². The maximum Gasteiger partial charge on any atom is 0.179 e. The first kappa shape index (κ1) is 7.71. The number of halogens is 2. The summed E-state index contributed by atoms with van der Waals surface area (Å²) in [6.07, 6.45) is 1.49. The van der Waals surface area contributed by atoms with Gasteiger partial charge >= 0.3 is 0 Å². The fourth-order valence-corrected chi connectivity index (χ4v) is 0.870. The van der Waals surface area contributed by atoms with Crippen LogP contribution in [0.25, 0.3) is 0 Å². The second-order valence-corrected chi connectivity index (χ2v) is 2.65. The summed E-state index contributed by atoms with van der Waals surface area (Å²) < 4.78 is 0.588. The third-order valence-corrected chi connectivity index (χ3v) is 1.49. The molecule has 0 unspecified atom stereocenters. The van der Waals surface area contributed by atoms with Gasteiger partial charge in [0.25, 0.3) is 0 Å². The summed E-state index contributed by atoms with van der Waals surface area (Å²) in [5, 5.41) is 0.255. The summed E-state index contributed by atoms with van der Waals surface area (Å²) in [4.78, 5) is 7.64. The van der Waals surface area contributed by atoms with Gasteiger partial charge in [-0.25, -0.2) is 15.8 Å². The lowest BCUT2D eigenvalue weighted by atomic mass is 10.7. The first-order valence-electron chi connectivity index (χ1n) is 2.38. The van der Waals surface area contributed by atoms with Crippen LogP contribution in [0.3, 0.4) is 0 Å². The highest BCUT2D eigenvalue weighted by atomic mass is 79.9. The van der Waals surface area contributed by atoms with Gasteiger partial charge in [-0.15, -0.1) is 0 Å². The molecular weight excluding hydrogens is 219 g/mol. The largest absolute Gasteiger partial charge is 0.306 e. The topological polar surface area (TPSA) is 63.8 Å². The molecule has 10 heavy (non-hydrogen) atoms. The number of nitrogens with two attached hydrogens (primary N) is 1. The molecule has 0 atom stereocenters. The summed E-state index contributed by atoms with van der Waals surface area (Å²) in [5.41, 5.74) is 2.30. The van der Waals surface area contributed by atoms with Crippen LogP contribution >= 0.6 is 27.5 Å². The fourth-order valence-electron chi connectivity index (χ4n) is 0.445. The molecule has 0 aliphatic carbocycles. The van der Waals surface area contributed by atoms with E-state index in [9.17, 15) is 0 Å². The third kappa shape index (κ3) is 1.56. The van der Waals surface area contributed by atoms with Gasteiger partial charge in [0.05, 0.1) is 6.20 Å². The zero-order chi connectivity index (χ0) is 7.56. The molecule has 0 aliphatic rings. The zero-order valence-corrected chi connectivity index (χ0v) is 7.15. The van der Waals surface area contributed by atoms with Crippen molar-refractivity contribution in [3.05, 3.63) is 16.0 Å². The quantitative estimate of drug-likeness (QED) is 0.554. The summed E-state index contributed by atoms with van der Waals surface area (Å²) >= 11 is 8.67. The highest BCUT2D eigenvalue weighted by Gasteiger charge is 2.00. The van der Waals surface area contributed by atoms with E-state index in [4.69, 9.17) is 17.4 Å². The van der Waals surface area contributed by atoms with Crippen molar-refractivity contribution in [1.29, 1.82) is 0 Å². The van der Waals surface area contributed by atoms with Gasteiger partial charge in [0, 0.05) is 0 Å². The summed E-state index contributed by atoms with van der Waals surface area (Å²) in [6, 6.07) is 0. The minimum absolute atomic E-state index is 0.255. The average Bonchev–Trinajstić information content (AvgIpc) is 1.94. The van der Waals surface area contributed by atoms with Crippen LogP contribution in [0.5, 0.6) is 0 Å². The van der Waals surface area contributed by atoms with E-state index in [1.807, 2.05) is 0 Å². The normalized spacial score (nSPS) is 9.50. The van der Waals surface area contributed by atoms with Crippen molar-refractivity contribution < 1.29 is 0 Å². The monoisotopic (exact) mass is 222 g/mol. The Morgan fingerprint density at radius 2 is 2.40 bits per heavy atom. The van der Waals surface area contributed by atoms with Crippen molar-refractivity contribution in [3.63, 3.8) is 0 Å². The average molecular weight is 223 g/mol. The third-order valence-electron chi connectivity index (χ3n) is 0.835. The number of nitrogens with one attached hydrogen (secondary N) is 1. The molecule has 0 amide bonds. The second-order valence-electron chi connectivity index (χ2n) is 1.48. The molecule has 54 valence electrons. The van der Waals surface area contributed by atoms with Crippen LogP contribution in [0.1, 0.15) is 0 Å². The van der Waals surface area contributed by atoms with Crippen molar-refractivity contribution in [2.24, 2.45) is 5.84 Å². The van der Waals surface area contributed by atoms with Crippen LogP contribution < -0.4 is 11.3 Å². The molecule has 0 saturated carbocycles. The number of hydrazine groups is 1. The van der Waals surface area contributed by atoms with E-state index in [0.29, 0.717) is 10.4 Å². The van der Waals surface area contributed by atoms with E-state index < -0.39 is 0 Å². The molecule has 4 nitrogen and oxygen atoms in total. The molecule has 0 saturated heterocycles. The molecule has 6 heteroatoms. The lowest BCUT2D eigenvalue weighted by Gasteiger charge is -1.99. The SMILES string of the molecule is NNc1nc(Br)cnc1Cl. The van der Waals surface area contributed by atoms with Crippen LogP contribution in [0.4, 0.5) is 5.82 Å². The fraction of sp³-hybridized carbons (Fsp3) is 0. The van der Waals surface area contributed by atoms with Gasteiger partial charge in [0.2, 0.25) is 0 Å². The highest BCUT2D eigenvalue weighted by molar-refractivity contribution is 9.10. The minimum Gasteiger partial charge on any atom is -0.306 e. The molecule has 0 aliphatic heterocycles. The number of nitrogens with zero attached hydrogens (tertiary/aromatic N) is 2. The summed E-state index contributed by atoms with van der Waals surface area (Å²) in [6.45, 7) is 0. The Bertz CT molecular complexity index is 241. The lowest BCUT2D eigenvalue weighted by molar-refractivity contribution is 1.13. The molecule has 0 spiro atoms. The highest BCUT2D eigenvalue weighted by Crippen LogP contribution is 2.16. The minimum atomic E-state index is 0.255. The molecule has 3 N–H and O–H groups in total. The van der Waals surface area contributed by atoms with Crippen LogP contribution in [0, 0.1) is 0 Å². The van der Waals surface area contributed by atoms with Crippen molar-refractivity contribution in [2.45, 2.75) is 0 Å². The maximum atomic E-state index is 5.56. The van der Waals surface area contributed by atoms with Crippen molar-refractivity contribution >= 4 is 33.3 Å². The smallest absolute Gasteiger partial charge is 0.179 e. The van der Waals surface area contributed by atoms with Gasteiger partial charge in [0.1, 0.15) is 4.60 Å². The molecule has 0 aromatic carbocycles. The lowest BCUT2D eigenvalue weighted by Crippen LogP contribution is -2.09. The Morgan fingerprint density at radius 1 is 1.70 bits per heavy atom. The Labute approximate surface area is 70.9 Å². The standard InChI is InChI=1S/C4H4BrClN4/c5-2-1-8-3(6)4(9-2)10-7/h1H,7H2,(H,9,10). The van der Waals surface area contributed by atoms with Gasteiger partial charge in [-0.1, -0.05) is 11.6 Å². The Morgan fingerprint density at radius 3 is 2.90 bits per heavy atom. The van der Waals surface area contributed by atoms with Crippen LogP contribution in [0.15, 0.2) is 10.8 Å². The summed E-state index contributed by atoms with van der Waals surface area (Å²) in [5.74, 6) is 5.42. The van der Waals surface area contributed by atoms with Crippen molar-refractivity contribution in [1.82, 2.24) is 9.97 Å². The first-order chi connectivity index (χ1) is 4.74. The zero-order valence-electron chi connectivity index (χ0n) is 4.81. The molecular formula is C4H4BrClN4. The molecule has 1 heterocycles. The predicted molar refractivity (Wildman–Crippen MR) is 42.6 cm³/mol. The maximum absolute atomic E-state index is 5.56. The molecule has 1 aromatic rings. The van der Waals surface area contributed by atoms with Crippen molar-refractivity contribution in [3.8, 4) is 0 Å². The Balaban J connectivity index is 3.09. The molecule has 0 bridgehead atoms. The number of aromatic nitrogens is 2. The Kier molecular flexibility index (Phi) is 2.42. The molecule has 1 aromatic heterocycles. The molecule has 0 radical (unpaired) electrons. The predicted octanol–water partition coefficient (Wildman–Crippen LogP) is 1.18. The van der Waals surface area contributed by atoms with E-state index in [1.165, 1.54) is 6.20 Å². The Hall–Kier alpha value is -0.390.